The molecule has 1 aliphatic rings. The van der Waals surface area contributed by atoms with Crippen LogP contribution in [0.2, 0.25) is 0 Å². The summed E-state index contributed by atoms with van der Waals surface area (Å²) in [5.41, 5.74) is 0.883. The van der Waals surface area contributed by atoms with E-state index in [9.17, 15) is 9.59 Å². The number of rotatable bonds is 2. The van der Waals surface area contributed by atoms with E-state index >= 15 is 0 Å². The fourth-order valence-electron chi connectivity index (χ4n) is 2.72. The summed E-state index contributed by atoms with van der Waals surface area (Å²) in [7, 11) is 1.84. The molecule has 0 spiro atoms. The van der Waals surface area contributed by atoms with Gasteiger partial charge < -0.3 is 10.0 Å². The van der Waals surface area contributed by atoms with Gasteiger partial charge in [0.15, 0.2) is 0 Å². The topological polar surface area (TPSA) is 75.4 Å². The molecule has 7 heteroatoms. The predicted molar refractivity (Wildman–Crippen MR) is 75.0 cm³/mol. The summed E-state index contributed by atoms with van der Waals surface area (Å²) in [6.07, 6.45) is 1.28. The number of thiophene rings is 1. The van der Waals surface area contributed by atoms with Gasteiger partial charge in [-0.25, -0.2) is 4.79 Å². The Morgan fingerprint density at radius 2 is 2.25 bits per heavy atom. The molecule has 0 aliphatic carbocycles. The van der Waals surface area contributed by atoms with E-state index in [2.05, 4.69) is 5.10 Å². The van der Waals surface area contributed by atoms with Crippen molar-refractivity contribution in [3.63, 3.8) is 0 Å². The molecule has 3 rings (SSSR count). The molecule has 1 unspecified atom stereocenters. The Bertz CT molecular complexity index is 669. The van der Waals surface area contributed by atoms with Crippen LogP contribution in [0.25, 0.3) is 10.2 Å². The van der Waals surface area contributed by atoms with Crippen LogP contribution in [-0.4, -0.2) is 44.3 Å². The first kappa shape index (κ1) is 13.1. The van der Waals surface area contributed by atoms with Crippen molar-refractivity contribution < 1.29 is 14.7 Å². The van der Waals surface area contributed by atoms with E-state index in [1.54, 1.807) is 4.68 Å². The van der Waals surface area contributed by atoms with Crippen molar-refractivity contribution in [3.05, 3.63) is 16.6 Å². The molecule has 0 radical (unpaired) electrons. The van der Waals surface area contributed by atoms with Gasteiger partial charge in [0.25, 0.3) is 5.91 Å². The number of carbonyl (C=O) groups is 2. The third-order valence-electron chi connectivity index (χ3n) is 3.71. The molecule has 20 heavy (non-hydrogen) atoms. The maximum atomic E-state index is 12.5. The van der Waals surface area contributed by atoms with Crippen LogP contribution in [-0.2, 0) is 11.8 Å². The van der Waals surface area contributed by atoms with Crippen LogP contribution in [0.15, 0.2) is 6.07 Å². The van der Waals surface area contributed by atoms with Crippen LogP contribution < -0.4 is 0 Å². The number of aliphatic carboxylic acids is 1. The van der Waals surface area contributed by atoms with Crippen LogP contribution in [0.3, 0.4) is 0 Å². The first-order valence-electron chi connectivity index (χ1n) is 6.46. The molecular weight excluding hydrogens is 278 g/mol. The number of carboxylic acid groups (broad SMARTS) is 1. The zero-order valence-corrected chi connectivity index (χ0v) is 12.1. The molecule has 3 heterocycles. The smallest absolute Gasteiger partial charge is 0.326 e. The molecule has 2 aromatic heterocycles. The quantitative estimate of drug-likeness (QED) is 0.913. The summed E-state index contributed by atoms with van der Waals surface area (Å²) in [4.78, 5) is 26.7. The molecule has 1 atom stereocenters. The average molecular weight is 293 g/mol. The second-order valence-corrected chi connectivity index (χ2v) is 6.06. The number of hydrogen-bond acceptors (Lipinski definition) is 4. The lowest BCUT2D eigenvalue weighted by molar-refractivity contribution is -0.141. The Kier molecular flexibility index (Phi) is 3.01. The van der Waals surface area contributed by atoms with Crippen molar-refractivity contribution in [2.45, 2.75) is 25.8 Å². The monoisotopic (exact) mass is 293 g/mol. The van der Waals surface area contributed by atoms with Gasteiger partial charge >= 0.3 is 5.97 Å². The molecule has 6 nitrogen and oxygen atoms in total. The highest BCUT2D eigenvalue weighted by atomic mass is 32.1. The Balaban J connectivity index is 1.96. The van der Waals surface area contributed by atoms with Gasteiger partial charge in [0.05, 0.1) is 10.6 Å². The lowest BCUT2D eigenvalue weighted by atomic mass is 10.2. The van der Waals surface area contributed by atoms with E-state index in [4.69, 9.17) is 5.11 Å². The molecule has 1 saturated heterocycles. The normalized spacial score (nSPS) is 18.9. The number of hydrogen-bond donors (Lipinski definition) is 1. The standard InChI is InChI=1S/C13H15N3O3S/c1-7-8-6-10(20-12(8)15(2)14-7)11(17)16-5-3-4-9(16)13(18)19/h6,9H,3-5H2,1-2H3,(H,18,19). The van der Waals surface area contributed by atoms with Gasteiger partial charge in [-0.1, -0.05) is 0 Å². The van der Waals surface area contributed by atoms with E-state index in [1.807, 2.05) is 20.0 Å². The van der Waals surface area contributed by atoms with Gasteiger partial charge in [-0.3, -0.25) is 9.48 Å². The molecule has 1 amide bonds. The van der Waals surface area contributed by atoms with Gasteiger partial charge in [-0.05, 0) is 25.8 Å². The fourth-order valence-corrected chi connectivity index (χ4v) is 3.80. The van der Waals surface area contributed by atoms with Crippen molar-refractivity contribution in [1.29, 1.82) is 0 Å². The molecule has 1 N–H and O–H groups in total. The largest absolute Gasteiger partial charge is 0.480 e. The third-order valence-corrected chi connectivity index (χ3v) is 4.90. The van der Waals surface area contributed by atoms with Gasteiger partial charge in [-0.2, -0.15) is 5.10 Å². The second kappa shape index (κ2) is 4.59. The summed E-state index contributed by atoms with van der Waals surface area (Å²) < 4.78 is 1.75. The molecule has 0 aromatic carbocycles. The van der Waals surface area contributed by atoms with Crippen LogP contribution in [0.1, 0.15) is 28.2 Å². The van der Waals surface area contributed by atoms with Gasteiger partial charge in [0.1, 0.15) is 10.9 Å². The number of aryl methyl sites for hydroxylation is 2. The van der Waals surface area contributed by atoms with E-state index in [-0.39, 0.29) is 5.91 Å². The van der Waals surface area contributed by atoms with Gasteiger partial charge in [-0.15, -0.1) is 11.3 Å². The number of aromatic nitrogens is 2. The Morgan fingerprint density at radius 3 is 2.90 bits per heavy atom. The number of carbonyl (C=O) groups excluding carboxylic acids is 1. The summed E-state index contributed by atoms with van der Waals surface area (Å²) in [6, 6.07) is 1.13. The zero-order chi connectivity index (χ0) is 14.4. The highest BCUT2D eigenvalue weighted by molar-refractivity contribution is 7.20. The van der Waals surface area contributed by atoms with Crippen LogP contribution in [0.4, 0.5) is 0 Å². The van der Waals surface area contributed by atoms with Crippen LogP contribution in [0, 0.1) is 6.92 Å². The van der Waals surface area contributed by atoms with Crippen LogP contribution >= 0.6 is 11.3 Å². The lowest BCUT2D eigenvalue weighted by Crippen LogP contribution is -2.40. The SMILES string of the molecule is Cc1nn(C)c2sc(C(=O)N3CCCC3C(=O)O)cc12. The summed E-state index contributed by atoms with van der Waals surface area (Å²) in [6.45, 7) is 2.42. The number of fused-ring (bicyclic) bond motifs is 1. The van der Waals surface area contributed by atoms with Crippen molar-refractivity contribution in [1.82, 2.24) is 14.7 Å². The molecule has 2 aromatic rings. The van der Waals surface area contributed by atoms with E-state index < -0.39 is 12.0 Å². The first-order chi connectivity index (χ1) is 9.49. The van der Waals surface area contributed by atoms with Crippen LogP contribution in [0.5, 0.6) is 0 Å². The highest BCUT2D eigenvalue weighted by Gasteiger charge is 2.35. The number of carboxylic acids is 1. The Labute approximate surface area is 119 Å². The maximum absolute atomic E-state index is 12.5. The second-order valence-electron chi connectivity index (χ2n) is 5.03. The Hall–Kier alpha value is -1.89. The number of amides is 1. The number of nitrogens with zero attached hydrogens (tertiary/aromatic N) is 3. The molecular formula is C13H15N3O3S. The minimum absolute atomic E-state index is 0.185. The molecule has 0 saturated carbocycles. The summed E-state index contributed by atoms with van der Waals surface area (Å²) >= 11 is 1.37. The first-order valence-corrected chi connectivity index (χ1v) is 7.27. The summed E-state index contributed by atoms with van der Waals surface area (Å²) in [5, 5.41) is 14.4. The molecule has 1 aliphatic heterocycles. The van der Waals surface area contributed by atoms with E-state index in [0.717, 1.165) is 22.3 Å². The van der Waals surface area contributed by atoms with Gasteiger partial charge in [0, 0.05) is 19.0 Å². The zero-order valence-electron chi connectivity index (χ0n) is 11.3. The highest BCUT2D eigenvalue weighted by Crippen LogP contribution is 2.30. The van der Waals surface area contributed by atoms with Crippen molar-refractivity contribution in [2.24, 2.45) is 7.05 Å². The molecule has 1 fully saturated rings. The van der Waals surface area contributed by atoms with E-state index in [0.29, 0.717) is 17.8 Å². The van der Waals surface area contributed by atoms with Crippen molar-refractivity contribution in [2.75, 3.05) is 6.54 Å². The van der Waals surface area contributed by atoms with Crippen molar-refractivity contribution in [3.8, 4) is 0 Å². The average Bonchev–Trinajstić information content (AvgIpc) is 3.08. The summed E-state index contributed by atoms with van der Waals surface area (Å²) in [5.74, 6) is -1.11. The molecule has 106 valence electrons. The predicted octanol–water partition coefficient (Wildman–Crippen LogP) is 1.63. The fraction of sp³-hybridized carbons (Fsp3) is 0.462. The minimum Gasteiger partial charge on any atom is -0.480 e. The maximum Gasteiger partial charge on any atom is 0.326 e. The van der Waals surface area contributed by atoms with Gasteiger partial charge in [0.2, 0.25) is 0 Å². The van der Waals surface area contributed by atoms with Crippen molar-refractivity contribution >= 4 is 33.4 Å². The third kappa shape index (κ3) is 1.89. The Morgan fingerprint density at radius 1 is 1.50 bits per heavy atom. The molecule has 0 bridgehead atoms. The minimum atomic E-state index is -0.921. The lowest BCUT2D eigenvalue weighted by Gasteiger charge is -2.20. The number of likely N-dealkylation sites (tertiary alicyclic amines) is 1. The van der Waals surface area contributed by atoms with E-state index in [1.165, 1.54) is 16.2 Å².